The molecule has 1 rings (SSSR count). The number of aliphatic hydroxyl groups is 1. The summed E-state index contributed by atoms with van der Waals surface area (Å²) in [4.78, 5) is 1.99. The number of rotatable bonds is 5. The molecule has 1 unspecified atom stereocenters. The van der Waals surface area contributed by atoms with Crippen LogP contribution in [-0.2, 0) is 0 Å². The highest BCUT2D eigenvalue weighted by Crippen LogP contribution is 2.20. The minimum Gasteiger partial charge on any atom is -0.490 e. The van der Waals surface area contributed by atoms with Crippen LogP contribution in [0.25, 0.3) is 0 Å². The molecule has 0 aliphatic rings. The summed E-state index contributed by atoms with van der Waals surface area (Å²) >= 11 is 0. The third-order valence-corrected chi connectivity index (χ3v) is 2.32. The third kappa shape index (κ3) is 3.72. The van der Waals surface area contributed by atoms with Crippen molar-refractivity contribution in [3.8, 4) is 5.75 Å². The molecule has 0 spiro atoms. The zero-order valence-corrected chi connectivity index (χ0v) is 10.1. The Bertz CT molecular complexity index is 338. The van der Waals surface area contributed by atoms with Gasteiger partial charge in [0.25, 0.3) is 0 Å². The zero-order chi connectivity index (χ0) is 12.2. The highest BCUT2D eigenvalue weighted by atomic mass is 16.5. The van der Waals surface area contributed by atoms with Gasteiger partial charge in [-0.2, -0.15) is 0 Å². The Kier molecular flexibility index (Phi) is 4.15. The molecule has 0 fully saturated rings. The number of nitrogens with two attached hydrogens (primary N) is 1. The predicted molar refractivity (Wildman–Crippen MR) is 65.9 cm³/mol. The van der Waals surface area contributed by atoms with Crippen molar-refractivity contribution < 1.29 is 9.84 Å². The van der Waals surface area contributed by atoms with Crippen molar-refractivity contribution >= 4 is 5.69 Å². The molecule has 0 aromatic heterocycles. The quantitative estimate of drug-likeness (QED) is 0.778. The number of anilines is 1. The van der Waals surface area contributed by atoms with Gasteiger partial charge in [-0.1, -0.05) is 6.07 Å². The van der Waals surface area contributed by atoms with Crippen LogP contribution in [0.4, 0.5) is 5.69 Å². The van der Waals surface area contributed by atoms with Gasteiger partial charge in [-0.05, 0) is 19.1 Å². The standard InChI is InChI=1S/C12H20N2O2/c1-12(15,8-13)9-16-11-6-4-5-10(7-11)14(2)3/h4-7,15H,8-9,13H2,1-3H3. The lowest BCUT2D eigenvalue weighted by Crippen LogP contribution is -2.40. The van der Waals surface area contributed by atoms with Crippen molar-refractivity contribution in [1.29, 1.82) is 0 Å². The number of hydrogen-bond donors (Lipinski definition) is 2. The number of ether oxygens (including phenoxy) is 1. The van der Waals surface area contributed by atoms with Crippen LogP contribution in [0.1, 0.15) is 6.92 Å². The van der Waals surface area contributed by atoms with E-state index in [0.29, 0.717) is 0 Å². The van der Waals surface area contributed by atoms with Gasteiger partial charge < -0.3 is 20.5 Å². The molecule has 1 aromatic carbocycles. The molecule has 4 heteroatoms. The first-order valence-electron chi connectivity index (χ1n) is 5.27. The fourth-order valence-electron chi connectivity index (χ4n) is 1.15. The third-order valence-electron chi connectivity index (χ3n) is 2.32. The van der Waals surface area contributed by atoms with Crippen LogP contribution >= 0.6 is 0 Å². The maximum atomic E-state index is 9.70. The average molecular weight is 224 g/mol. The molecule has 0 saturated carbocycles. The second kappa shape index (κ2) is 5.18. The Balaban J connectivity index is 2.64. The molecular formula is C12H20N2O2. The molecule has 3 N–H and O–H groups in total. The Labute approximate surface area is 96.6 Å². The summed E-state index contributed by atoms with van der Waals surface area (Å²) in [6.45, 7) is 2.03. The van der Waals surface area contributed by atoms with E-state index in [4.69, 9.17) is 10.5 Å². The summed E-state index contributed by atoms with van der Waals surface area (Å²) in [6, 6.07) is 7.70. The van der Waals surface area contributed by atoms with Gasteiger partial charge in [0.1, 0.15) is 18.0 Å². The second-order valence-electron chi connectivity index (χ2n) is 4.38. The van der Waals surface area contributed by atoms with Gasteiger partial charge in [-0.25, -0.2) is 0 Å². The maximum Gasteiger partial charge on any atom is 0.121 e. The fraction of sp³-hybridized carbons (Fsp3) is 0.500. The molecule has 16 heavy (non-hydrogen) atoms. The Hall–Kier alpha value is -1.26. The average Bonchev–Trinajstić information content (AvgIpc) is 2.27. The minimum absolute atomic E-state index is 0.181. The lowest BCUT2D eigenvalue weighted by atomic mass is 10.1. The van der Waals surface area contributed by atoms with Gasteiger partial charge in [0.2, 0.25) is 0 Å². The van der Waals surface area contributed by atoms with E-state index in [-0.39, 0.29) is 13.2 Å². The van der Waals surface area contributed by atoms with Crippen molar-refractivity contribution in [3.63, 3.8) is 0 Å². The van der Waals surface area contributed by atoms with Crippen LogP contribution in [0.2, 0.25) is 0 Å². The van der Waals surface area contributed by atoms with Gasteiger partial charge in [0.05, 0.1) is 0 Å². The first-order valence-corrected chi connectivity index (χ1v) is 5.27. The summed E-state index contributed by atoms with van der Waals surface area (Å²) < 4.78 is 5.50. The van der Waals surface area contributed by atoms with E-state index in [9.17, 15) is 5.11 Å². The Morgan fingerprint density at radius 1 is 1.44 bits per heavy atom. The molecular weight excluding hydrogens is 204 g/mol. The SMILES string of the molecule is CN(C)c1cccc(OCC(C)(O)CN)c1. The van der Waals surface area contributed by atoms with E-state index >= 15 is 0 Å². The van der Waals surface area contributed by atoms with Crippen molar-refractivity contribution in [2.75, 3.05) is 32.1 Å². The first kappa shape index (κ1) is 12.8. The Morgan fingerprint density at radius 3 is 2.69 bits per heavy atom. The lowest BCUT2D eigenvalue weighted by Gasteiger charge is -2.22. The van der Waals surface area contributed by atoms with Crippen molar-refractivity contribution in [2.45, 2.75) is 12.5 Å². The largest absolute Gasteiger partial charge is 0.490 e. The highest BCUT2D eigenvalue weighted by Gasteiger charge is 2.18. The molecule has 0 aliphatic carbocycles. The van der Waals surface area contributed by atoms with Gasteiger partial charge in [0, 0.05) is 32.4 Å². The van der Waals surface area contributed by atoms with E-state index < -0.39 is 5.60 Å². The summed E-state index contributed by atoms with van der Waals surface area (Å²) in [7, 11) is 3.93. The molecule has 0 aliphatic heterocycles. The summed E-state index contributed by atoms with van der Waals surface area (Å²) in [5, 5.41) is 9.70. The first-order chi connectivity index (χ1) is 7.44. The van der Waals surface area contributed by atoms with Gasteiger partial charge in [0.15, 0.2) is 0 Å². The topological polar surface area (TPSA) is 58.7 Å². The molecule has 0 bridgehead atoms. The fourth-order valence-corrected chi connectivity index (χ4v) is 1.15. The van der Waals surface area contributed by atoms with Gasteiger partial charge in [-0.15, -0.1) is 0 Å². The molecule has 1 aromatic rings. The van der Waals surface area contributed by atoms with E-state index in [2.05, 4.69) is 0 Å². The van der Waals surface area contributed by atoms with Crippen LogP contribution in [0.5, 0.6) is 5.75 Å². The van der Waals surface area contributed by atoms with Crippen LogP contribution in [-0.4, -0.2) is 38.0 Å². The van der Waals surface area contributed by atoms with Crippen LogP contribution < -0.4 is 15.4 Å². The second-order valence-corrected chi connectivity index (χ2v) is 4.38. The van der Waals surface area contributed by atoms with Crippen molar-refractivity contribution in [1.82, 2.24) is 0 Å². The van der Waals surface area contributed by atoms with Gasteiger partial charge >= 0.3 is 0 Å². The van der Waals surface area contributed by atoms with Crippen LogP contribution in [0.3, 0.4) is 0 Å². The van der Waals surface area contributed by atoms with Crippen LogP contribution in [0, 0.1) is 0 Å². The van der Waals surface area contributed by atoms with E-state index in [1.807, 2.05) is 43.3 Å². The number of nitrogens with zero attached hydrogens (tertiary/aromatic N) is 1. The van der Waals surface area contributed by atoms with Crippen molar-refractivity contribution in [2.24, 2.45) is 5.73 Å². The maximum absolute atomic E-state index is 9.70. The van der Waals surface area contributed by atoms with Crippen LogP contribution in [0.15, 0.2) is 24.3 Å². The molecule has 4 nitrogen and oxygen atoms in total. The highest BCUT2D eigenvalue weighted by molar-refractivity contribution is 5.49. The summed E-state index contributed by atoms with van der Waals surface area (Å²) in [5.41, 5.74) is 5.49. The minimum atomic E-state index is -0.978. The lowest BCUT2D eigenvalue weighted by molar-refractivity contribution is 0.0196. The molecule has 0 saturated heterocycles. The molecule has 1 atom stereocenters. The number of hydrogen-bond acceptors (Lipinski definition) is 4. The predicted octanol–water partition coefficient (Wildman–Crippen LogP) is 0.841. The monoisotopic (exact) mass is 224 g/mol. The van der Waals surface area contributed by atoms with E-state index in [1.165, 1.54) is 0 Å². The van der Waals surface area contributed by atoms with E-state index in [1.54, 1.807) is 6.92 Å². The Morgan fingerprint density at radius 2 is 2.12 bits per heavy atom. The summed E-state index contributed by atoms with van der Waals surface area (Å²) in [5.74, 6) is 0.736. The van der Waals surface area contributed by atoms with Gasteiger partial charge in [-0.3, -0.25) is 0 Å². The normalized spacial score (nSPS) is 14.3. The number of benzene rings is 1. The molecule has 90 valence electrons. The molecule has 0 amide bonds. The van der Waals surface area contributed by atoms with Crippen molar-refractivity contribution in [3.05, 3.63) is 24.3 Å². The molecule has 0 radical (unpaired) electrons. The molecule has 0 heterocycles. The van der Waals surface area contributed by atoms with E-state index in [0.717, 1.165) is 11.4 Å². The summed E-state index contributed by atoms with van der Waals surface area (Å²) in [6.07, 6.45) is 0. The smallest absolute Gasteiger partial charge is 0.121 e. The zero-order valence-electron chi connectivity index (χ0n) is 10.1.